The lowest BCUT2D eigenvalue weighted by atomic mass is 10.0. The van der Waals surface area contributed by atoms with Crippen molar-refractivity contribution in [3.63, 3.8) is 0 Å². The number of hydrogen-bond acceptors (Lipinski definition) is 6. The van der Waals surface area contributed by atoms with Crippen LogP contribution in [0.2, 0.25) is 0 Å². The van der Waals surface area contributed by atoms with Crippen LogP contribution in [-0.4, -0.2) is 23.2 Å². The normalized spacial score (nSPS) is 11.0. The fourth-order valence-electron chi connectivity index (χ4n) is 2.57. The van der Waals surface area contributed by atoms with E-state index in [1.807, 2.05) is 0 Å². The quantitative estimate of drug-likeness (QED) is 0.524. The minimum Gasteiger partial charge on any atom is -0.465 e. The zero-order valence-electron chi connectivity index (χ0n) is 13.0. The molecule has 0 N–H and O–H groups in total. The molecular formula is C18H11FN2O4. The summed E-state index contributed by atoms with van der Waals surface area (Å²) in [5.41, 5.74) is 1.83. The van der Waals surface area contributed by atoms with Gasteiger partial charge < -0.3 is 13.7 Å². The number of benzene rings is 1. The molecule has 0 aliphatic carbocycles. The number of aromatic nitrogens is 2. The number of nitrogens with zero attached hydrogens (tertiary/aromatic N) is 2. The van der Waals surface area contributed by atoms with Crippen LogP contribution in [0, 0.1) is 5.82 Å². The molecule has 4 aromatic rings. The Balaban J connectivity index is 1.97. The molecule has 0 amide bonds. The van der Waals surface area contributed by atoms with E-state index in [1.54, 1.807) is 30.3 Å². The zero-order valence-corrected chi connectivity index (χ0v) is 13.0. The molecule has 0 aliphatic heterocycles. The number of carbonyl (C=O) groups excluding carboxylic acids is 1. The summed E-state index contributed by atoms with van der Waals surface area (Å²) in [4.78, 5) is 16.7. The van der Waals surface area contributed by atoms with Crippen molar-refractivity contribution in [2.45, 2.75) is 0 Å². The van der Waals surface area contributed by atoms with Crippen LogP contribution >= 0.6 is 0 Å². The maximum Gasteiger partial charge on any atom is 0.338 e. The van der Waals surface area contributed by atoms with E-state index in [4.69, 9.17) is 13.7 Å². The summed E-state index contributed by atoms with van der Waals surface area (Å²) < 4.78 is 28.6. The zero-order chi connectivity index (χ0) is 17.4. The number of hydrogen-bond donors (Lipinski definition) is 0. The van der Waals surface area contributed by atoms with Gasteiger partial charge in [-0.05, 0) is 42.5 Å². The second kappa shape index (κ2) is 5.86. The Kier molecular flexibility index (Phi) is 3.53. The lowest BCUT2D eigenvalue weighted by molar-refractivity contribution is 0.0603. The van der Waals surface area contributed by atoms with Crippen LogP contribution in [0.25, 0.3) is 33.8 Å². The Bertz CT molecular complexity index is 1050. The van der Waals surface area contributed by atoms with Crippen LogP contribution < -0.4 is 0 Å². The molecule has 0 saturated carbocycles. The van der Waals surface area contributed by atoms with Crippen LogP contribution in [0.15, 0.2) is 57.7 Å². The SMILES string of the molecule is COC(=O)c1cc(-c2ccc(F)cc2)nc2onc(-c3ccco3)c12. The summed E-state index contributed by atoms with van der Waals surface area (Å²) in [6.45, 7) is 0. The first-order chi connectivity index (χ1) is 12.2. The number of esters is 1. The van der Waals surface area contributed by atoms with Gasteiger partial charge in [0.15, 0.2) is 11.5 Å². The summed E-state index contributed by atoms with van der Waals surface area (Å²) in [6.07, 6.45) is 1.49. The molecule has 7 heteroatoms. The van der Waals surface area contributed by atoms with E-state index in [0.29, 0.717) is 28.1 Å². The molecule has 25 heavy (non-hydrogen) atoms. The number of rotatable bonds is 3. The molecule has 0 radical (unpaired) electrons. The van der Waals surface area contributed by atoms with Gasteiger partial charge in [-0.3, -0.25) is 0 Å². The van der Waals surface area contributed by atoms with Crippen LogP contribution in [-0.2, 0) is 4.74 Å². The monoisotopic (exact) mass is 338 g/mol. The molecule has 0 unspecified atom stereocenters. The van der Waals surface area contributed by atoms with E-state index in [1.165, 1.54) is 25.5 Å². The summed E-state index contributed by atoms with van der Waals surface area (Å²) in [5, 5.41) is 4.36. The smallest absolute Gasteiger partial charge is 0.338 e. The van der Waals surface area contributed by atoms with Crippen LogP contribution in [0.3, 0.4) is 0 Å². The maximum absolute atomic E-state index is 13.1. The Morgan fingerprint density at radius 1 is 1.20 bits per heavy atom. The minimum absolute atomic E-state index is 0.161. The number of fused-ring (bicyclic) bond motifs is 1. The van der Waals surface area contributed by atoms with Crippen LogP contribution in [0.1, 0.15) is 10.4 Å². The summed E-state index contributed by atoms with van der Waals surface area (Å²) >= 11 is 0. The van der Waals surface area contributed by atoms with Gasteiger partial charge in [-0.2, -0.15) is 0 Å². The first-order valence-electron chi connectivity index (χ1n) is 7.36. The van der Waals surface area contributed by atoms with Gasteiger partial charge in [-0.15, -0.1) is 0 Å². The molecule has 0 spiro atoms. The van der Waals surface area contributed by atoms with E-state index in [2.05, 4.69) is 10.1 Å². The number of furan rings is 1. The van der Waals surface area contributed by atoms with Gasteiger partial charge in [0.25, 0.3) is 5.71 Å². The Labute approximate surface area is 140 Å². The minimum atomic E-state index is -0.563. The molecular weight excluding hydrogens is 327 g/mol. The Morgan fingerprint density at radius 3 is 2.68 bits per heavy atom. The van der Waals surface area contributed by atoms with Gasteiger partial charge in [-0.1, -0.05) is 5.16 Å². The maximum atomic E-state index is 13.1. The van der Waals surface area contributed by atoms with Crippen molar-refractivity contribution in [1.29, 1.82) is 0 Å². The van der Waals surface area contributed by atoms with Gasteiger partial charge in [0.1, 0.15) is 5.82 Å². The van der Waals surface area contributed by atoms with Crippen LogP contribution in [0.5, 0.6) is 0 Å². The van der Waals surface area contributed by atoms with Gasteiger partial charge in [-0.25, -0.2) is 14.2 Å². The molecule has 3 aromatic heterocycles. The molecule has 0 bridgehead atoms. The molecule has 0 saturated heterocycles. The Morgan fingerprint density at radius 2 is 2.00 bits per heavy atom. The fourth-order valence-corrected chi connectivity index (χ4v) is 2.57. The third kappa shape index (κ3) is 2.55. The van der Waals surface area contributed by atoms with Gasteiger partial charge >= 0.3 is 5.97 Å². The van der Waals surface area contributed by atoms with Crippen LogP contribution in [0.4, 0.5) is 4.39 Å². The summed E-state index contributed by atoms with van der Waals surface area (Å²) in [7, 11) is 1.28. The van der Waals surface area contributed by atoms with Gasteiger partial charge in [0.05, 0.1) is 30.0 Å². The second-order valence-electron chi connectivity index (χ2n) is 5.24. The average molecular weight is 338 g/mol. The van der Waals surface area contributed by atoms with E-state index < -0.39 is 5.97 Å². The summed E-state index contributed by atoms with van der Waals surface area (Å²) in [6, 6.07) is 10.7. The highest BCUT2D eigenvalue weighted by atomic mass is 19.1. The molecule has 6 nitrogen and oxygen atoms in total. The van der Waals surface area contributed by atoms with Crippen molar-refractivity contribution in [2.24, 2.45) is 0 Å². The molecule has 124 valence electrons. The van der Waals surface area contributed by atoms with E-state index in [9.17, 15) is 9.18 Å². The van der Waals surface area contributed by atoms with Gasteiger partial charge in [0, 0.05) is 5.56 Å². The second-order valence-corrected chi connectivity index (χ2v) is 5.24. The fraction of sp³-hybridized carbons (Fsp3) is 0.0556. The molecule has 1 aromatic carbocycles. The third-order valence-corrected chi connectivity index (χ3v) is 3.75. The van der Waals surface area contributed by atoms with Crippen molar-refractivity contribution in [3.05, 3.63) is 60.1 Å². The van der Waals surface area contributed by atoms with Crippen molar-refractivity contribution < 1.29 is 22.9 Å². The average Bonchev–Trinajstić information content (AvgIpc) is 3.30. The van der Waals surface area contributed by atoms with Crippen molar-refractivity contribution in [2.75, 3.05) is 7.11 Å². The van der Waals surface area contributed by atoms with Crippen molar-refractivity contribution in [1.82, 2.24) is 10.1 Å². The molecule has 0 aliphatic rings. The van der Waals surface area contributed by atoms with Gasteiger partial charge in [0.2, 0.25) is 0 Å². The predicted molar refractivity (Wildman–Crippen MR) is 86.2 cm³/mol. The molecule has 0 fully saturated rings. The van der Waals surface area contributed by atoms with Crippen molar-refractivity contribution >= 4 is 17.1 Å². The highest BCUT2D eigenvalue weighted by Gasteiger charge is 2.23. The number of halogens is 1. The molecule has 0 atom stereocenters. The highest BCUT2D eigenvalue weighted by Crippen LogP contribution is 2.33. The van der Waals surface area contributed by atoms with Crippen molar-refractivity contribution in [3.8, 4) is 22.7 Å². The topological polar surface area (TPSA) is 78.4 Å². The highest BCUT2D eigenvalue weighted by molar-refractivity contribution is 6.07. The largest absolute Gasteiger partial charge is 0.465 e. The predicted octanol–water partition coefficient (Wildman–Crippen LogP) is 4.08. The standard InChI is InChI=1S/C18H11FN2O4/c1-23-18(22)12-9-13(10-4-6-11(19)7-5-10)20-17-15(12)16(21-25-17)14-3-2-8-24-14/h2-9H,1H3. The number of methoxy groups -OCH3 is 1. The molecule has 3 heterocycles. The molecule has 4 rings (SSSR count). The van der Waals surface area contributed by atoms with E-state index in [-0.39, 0.29) is 17.1 Å². The van der Waals surface area contributed by atoms with E-state index >= 15 is 0 Å². The van der Waals surface area contributed by atoms with E-state index in [0.717, 1.165) is 0 Å². The number of pyridine rings is 1. The Hall–Kier alpha value is -3.48. The number of ether oxygens (including phenoxy) is 1. The number of carbonyl (C=O) groups is 1. The lowest BCUT2D eigenvalue weighted by Gasteiger charge is -2.05. The summed E-state index contributed by atoms with van der Waals surface area (Å²) in [5.74, 6) is -0.482. The first-order valence-corrected chi connectivity index (χ1v) is 7.36. The lowest BCUT2D eigenvalue weighted by Crippen LogP contribution is -2.03. The first kappa shape index (κ1) is 15.1. The third-order valence-electron chi connectivity index (χ3n) is 3.75.